The molecule has 2 aromatic carbocycles. The molecule has 0 radical (unpaired) electrons. The summed E-state index contributed by atoms with van der Waals surface area (Å²) in [6, 6.07) is 8.34. The van der Waals surface area contributed by atoms with E-state index in [0.29, 0.717) is 42.8 Å². The van der Waals surface area contributed by atoms with Crippen molar-refractivity contribution < 1.29 is 28.6 Å². The number of rotatable bonds is 8. The van der Waals surface area contributed by atoms with Gasteiger partial charge in [-0.15, -0.1) is 0 Å². The molecule has 1 aliphatic rings. The Morgan fingerprint density at radius 3 is 2.61 bits per heavy atom. The second-order valence-corrected chi connectivity index (χ2v) is 9.63. The Bertz CT molecular complexity index is 1140. The summed E-state index contributed by atoms with van der Waals surface area (Å²) in [5, 5.41) is 0.454. The highest BCUT2D eigenvalue weighted by Gasteiger charge is 2.35. The second-order valence-electron chi connectivity index (χ2n) is 6.63. The lowest BCUT2D eigenvalue weighted by Gasteiger charge is -2.14. The Hall–Kier alpha value is -1.95. The van der Waals surface area contributed by atoms with E-state index in [1.54, 1.807) is 36.4 Å². The van der Waals surface area contributed by atoms with Crippen molar-refractivity contribution in [2.45, 2.75) is 13.5 Å². The maximum Gasteiger partial charge on any atom is 0.343 e. The Balaban J connectivity index is 1.85. The summed E-state index contributed by atoms with van der Waals surface area (Å²) in [6.07, 6.45) is 1.61. The highest BCUT2D eigenvalue weighted by Crippen LogP contribution is 2.38. The normalized spacial score (nSPS) is 14.7. The topological polar surface area (TPSA) is 82.1 Å². The molecule has 0 aromatic heterocycles. The van der Waals surface area contributed by atoms with Crippen LogP contribution in [0.25, 0.3) is 6.08 Å². The highest BCUT2D eigenvalue weighted by atomic mass is 127. The summed E-state index contributed by atoms with van der Waals surface area (Å²) in [5.41, 5.74) is 1.26. The zero-order chi connectivity index (χ0) is 24.1. The molecule has 1 heterocycles. The van der Waals surface area contributed by atoms with Crippen LogP contribution in [-0.2, 0) is 20.9 Å². The Morgan fingerprint density at radius 2 is 1.94 bits per heavy atom. The van der Waals surface area contributed by atoms with E-state index in [9.17, 15) is 14.4 Å². The summed E-state index contributed by atoms with van der Waals surface area (Å²) in [6.45, 7) is 1.96. The molecule has 0 unspecified atom stereocenters. The van der Waals surface area contributed by atoms with Crippen molar-refractivity contribution in [3.8, 4) is 11.5 Å². The smallest absolute Gasteiger partial charge is 0.343 e. The predicted molar refractivity (Wildman–Crippen MR) is 136 cm³/mol. The van der Waals surface area contributed by atoms with Gasteiger partial charge in [-0.25, -0.2) is 4.79 Å². The first kappa shape index (κ1) is 25.7. The van der Waals surface area contributed by atoms with Crippen molar-refractivity contribution >= 4 is 80.7 Å². The number of thioether (sulfide) groups is 1. The van der Waals surface area contributed by atoms with E-state index in [-0.39, 0.29) is 18.1 Å². The summed E-state index contributed by atoms with van der Waals surface area (Å²) in [5.74, 6) is -0.140. The minimum atomic E-state index is -0.521. The molecule has 3 rings (SSSR count). The SMILES string of the molecule is CCOc1cc(/C=C2\SC(=O)N(Cc3ccc(Cl)cc3Cl)C2=O)cc(I)c1OCC(=O)OC. The fraction of sp³-hybridized carbons (Fsp3) is 0.227. The minimum absolute atomic E-state index is 0.0417. The molecule has 2 aromatic rings. The molecule has 0 N–H and O–H groups in total. The number of imide groups is 1. The molecule has 0 spiro atoms. The number of halogens is 3. The van der Waals surface area contributed by atoms with Gasteiger partial charge in [0.25, 0.3) is 11.1 Å². The minimum Gasteiger partial charge on any atom is -0.490 e. The number of esters is 1. The third-order valence-electron chi connectivity index (χ3n) is 4.41. The number of methoxy groups -OCH3 is 1. The first-order chi connectivity index (χ1) is 15.7. The Kier molecular flexibility index (Phi) is 8.91. The van der Waals surface area contributed by atoms with Gasteiger partial charge < -0.3 is 14.2 Å². The molecule has 1 aliphatic heterocycles. The lowest BCUT2D eigenvalue weighted by molar-refractivity contribution is -0.143. The zero-order valence-corrected chi connectivity index (χ0v) is 22.0. The van der Waals surface area contributed by atoms with Crippen molar-refractivity contribution in [3.05, 3.63) is 60.0 Å². The van der Waals surface area contributed by atoms with Crippen molar-refractivity contribution in [1.82, 2.24) is 4.90 Å². The van der Waals surface area contributed by atoms with Gasteiger partial charge in [-0.2, -0.15) is 0 Å². The van der Waals surface area contributed by atoms with Gasteiger partial charge in [-0.1, -0.05) is 29.3 Å². The lowest BCUT2D eigenvalue weighted by Crippen LogP contribution is -2.27. The molecular weight excluding hydrogens is 604 g/mol. The van der Waals surface area contributed by atoms with Gasteiger partial charge in [0.1, 0.15) is 0 Å². The van der Waals surface area contributed by atoms with E-state index in [1.165, 1.54) is 7.11 Å². The molecule has 2 amide bonds. The average molecular weight is 622 g/mol. The number of hydrogen-bond acceptors (Lipinski definition) is 7. The summed E-state index contributed by atoms with van der Waals surface area (Å²) in [4.78, 5) is 38.3. The number of carbonyl (C=O) groups excluding carboxylic acids is 3. The number of carbonyl (C=O) groups is 3. The summed E-state index contributed by atoms with van der Waals surface area (Å²) in [7, 11) is 1.27. The molecule has 33 heavy (non-hydrogen) atoms. The fourth-order valence-electron chi connectivity index (χ4n) is 2.87. The van der Waals surface area contributed by atoms with Crippen LogP contribution < -0.4 is 9.47 Å². The average Bonchev–Trinajstić information content (AvgIpc) is 3.02. The highest BCUT2D eigenvalue weighted by molar-refractivity contribution is 14.1. The van der Waals surface area contributed by atoms with Crippen LogP contribution in [0.15, 0.2) is 35.2 Å². The van der Waals surface area contributed by atoms with Crippen LogP contribution in [-0.4, -0.2) is 42.3 Å². The van der Waals surface area contributed by atoms with Crippen LogP contribution in [0.3, 0.4) is 0 Å². The Morgan fingerprint density at radius 1 is 1.18 bits per heavy atom. The molecule has 1 saturated heterocycles. The van der Waals surface area contributed by atoms with Crippen LogP contribution in [0.4, 0.5) is 4.79 Å². The first-order valence-corrected chi connectivity index (χ1v) is 12.2. The molecule has 0 atom stereocenters. The molecule has 11 heteroatoms. The number of benzene rings is 2. The van der Waals surface area contributed by atoms with Crippen molar-refractivity contribution in [2.75, 3.05) is 20.3 Å². The van der Waals surface area contributed by atoms with E-state index in [0.717, 1.165) is 16.7 Å². The summed E-state index contributed by atoms with van der Waals surface area (Å²) >= 11 is 15.0. The first-order valence-electron chi connectivity index (χ1n) is 9.58. The van der Waals surface area contributed by atoms with E-state index < -0.39 is 17.1 Å². The van der Waals surface area contributed by atoms with Crippen molar-refractivity contribution in [1.29, 1.82) is 0 Å². The lowest BCUT2D eigenvalue weighted by atomic mass is 10.1. The van der Waals surface area contributed by atoms with Gasteiger partial charge in [-0.05, 0) is 82.7 Å². The number of amides is 2. The largest absolute Gasteiger partial charge is 0.490 e. The second kappa shape index (κ2) is 11.5. The van der Waals surface area contributed by atoms with Crippen molar-refractivity contribution in [3.63, 3.8) is 0 Å². The van der Waals surface area contributed by atoms with Gasteiger partial charge >= 0.3 is 5.97 Å². The summed E-state index contributed by atoms with van der Waals surface area (Å²) < 4.78 is 16.5. The van der Waals surface area contributed by atoms with Gasteiger partial charge in [0.05, 0.1) is 28.7 Å². The molecular formula is C22H18Cl2INO6S. The maximum absolute atomic E-state index is 12.9. The van der Waals surface area contributed by atoms with Crippen LogP contribution in [0.5, 0.6) is 11.5 Å². The standard InChI is InChI=1S/C22H18Cl2INO6S/c1-3-31-17-7-12(6-16(25)20(17)32-11-19(27)30-2)8-18-21(28)26(22(29)33-18)10-13-4-5-14(23)9-15(13)24/h4-9H,3,10-11H2,1-2H3/b18-8-. The molecule has 0 saturated carbocycles. The number of nitrogens with zero attached hydrogens (tertiary/aromatic N) is 1. The molecule has 174 valence electrons. The van der Waals surface area contributed by atoms with E-state index >= 15 is 0 Å². The van der Waals surface area contributed by atoms with Gasteiger partial charge in [0.2, 0.25) is 0 Å². The van der Waals surface area contributed by atoms with Crippen LogP contribution in [0.1, 0.15) is 18.1 Å². The molecule has 0 aliphatic carbocycles. The monoisotopic (exact) mass is 621 g/mol. The number of hydrogen-bond donors (Lipinski definition) is 0. The van der Waals surface area contributed by atoms with Gasteiger partial charge in [-0.3, -0.25) is 14.5 Å². The third-order valence-corrected chi connectivity index (χ3v) is 6.70. The van der Waals surface area contributed by atoms with Crippen LogP contribution in [0.2, 0.25) is 10.0 Å². The molecule has 1 fully saturated rings. The van der Waals surface area contributed by atoms with Gasteiger partial charge in [0, 0.05) is 10.0 Å². The molecule has 0 bridgehead atoms. The van der Waals surface area contributed by atoms with Gasteiger partial charge in [0.15, 0.2) is 18.1 Å². The quantitative estimate of drug-likeness (QED) is 0.210. The van der Waals surface area contributed by atoms with E-state index in [4.69, 9.17) is 32.7 Å². The Labute approximate surface area is 218 Å². The fourth-order valence-corrected chi connectivity index (χ4v) is 4.96. The van der Waals surface area contributed by atoms with E-state index in [1.807, 2.05) is 6.92 Å². The third kappa shape index (κ3) is 6.34. The number of ether oxygens (including phenoxy) is 3. The molecule has 7 nitrogen and oxygen atoms in total. The van der Waals surface area contributed by atoms with E-state index in [2.05, 4.69) is 27.3 Å². The van der Waals surface area contributed by atoms with Crippen molar-refractivity contribution in [2.24, 2.45) is 0 Å². The van der Waals surface area contributed by atoms with Crippen LogP contribution in [0, 0.1) is 3.57 Å². The maximum atomic E-state index is 12.9. The van der Waals surface area contributed by atoms with Crippen LogP contribution >= 0.6 is 57.6 Å². The predicted octanol–water partition coefficient (Wildman–Crippen LogP) is 5.79. The zero-order valence-electron chi connectivity index (χ0n) is 17.5.